The first-order valence-corrected chi connectivity index (χ1v) is 6.60. The van der Waals surface area contributed by atoms with Gasteiger partial charge >= 0.3 is 0 Å². The highest BCUT2D eigenvalue weighted by atomic mass is 15.2. The van der Waals surface area contributed by atoms with Crippen LogP contribution in [0, 0.1) is 0 Å². The summed E-state index contributed by atoms with van der Waals surface area (Å²) >= 11 is 0. The number of fused-ring (bicyclic) bond motifs is 3. The van der Waals surface area contributed by atoms with Crippen molar-refractivity contribution < 1.29 is 0 Å². The Labute approximate surface area is 108 Å². The van der Waals surface area contributed by atoms with Gasteiger partial charge in [0.2, 0.25) is 0 Å². The van der Waals surface area contributed by atoms with E-state index in [9.17, 15) is 0 Å². The van der Waals surface area contributed by atoms with Crippen molar-refractivity contribution in [3.05, 3.63) is 35.4 Å². The minimum Gasteiger partial charge on any atom is -0.366 e. The lowest BCUT2D eigenvalue weighted by Gasteiger charge is -2.23. The van der Waals surface area contributed by atoms with E-state index in [0.717, 1.165) is 12.2 Å². The Balaban J connectivity index is 2.11. The zero-order valence-electron chi connectivity index (χ0n) is 11.1. The minimum atomic E-state index is 0.407. The SMILES string of the molecule is CC(C)Nc1n[nH]c2c1CC(C)c1ccccc1-2. The van der Waals surface area contributed by atoms with Crippen LogP contribution in [0.15, 0.2) is 24.3 Å². The third-order valence-corrected chi connectivity index (χ3v) is 3.56. The number of nitrogens with zero attached hydrogens (tertiary/aromatic N) is 1. The second-order valence-corrected chi connectivity index (χ2v) is 5.42. The van der Waals surface area contributed by atoms with Crippen molar-refractivity contribution >= 4 is 5.82 Å². The van der Waals surface area contributed by atoms with Gasteiger partial charge in [-0.2, -0.15) is 5.10 Å². The fraction of sp³-hybridized carbons (Fsp3) is 0.400. The van der Waals surface area contributed by atoms with Gasteiger partial charge in [0.25, 0.3) is 0 Å². The first kappa shape index (κ1) is 11.3. The topological polar surface area (TPSA) is 40.7 Å². The van der Waals surface area contributed by atoms with Crippen LogP contribution < -0.4 is 5.32 Å². The fourth-order valence-electron chi connectivity index (χ4n) is 2.75. The second-order valence-electron chi connectivity index (χ2n) is 5.42. The molecule has 1 atom stereocenters. The third kappa shape index (κ3) is 1.70. The van der Waals surface area contributed by atoms with Crippen molar-refractivity contribution in [2.45, 2.75) is 39.2 Å². The molecule has 3 nitrogen and oxygen atoms in total. The smallest absolute Gasteiger partial charge is 0.151 e. The summed E-state index contributed by atoms with van der Waals surface area (Å²) in [6.45, 7) is 6.57. The third-order valence-electron chi connectivity index (χ3n) is 3.56. The van der Waals surface area contributed by atoms with Gasteiger partial charge < -0.3 is 5.32 Å². The summed E-state index contributed by atoms with van der Waals surface area (Å²) in [5.41, 5.74) is 5.24. The number of H-pyrrole nitrogens is 1. The van der Waals surface area contributed by atoms with Crippen LogP contribution in [-0.4, -0.2) is 16.2 Å². The maximum Gasteiger partial charge on any atom is 0.151 e. The molecule has 0 spiro atoms. The standard InChI is InChI=1S/C15H19N3/c1-9(2)16-15-13-8-10(3)11-6-4-5-7-12(11)14(13)17-18-15/h4-7,9-10H,8H2,1-3H3,(H2,16,17,18). The van der Waals surface area contributed by atoms with Crippen LogP contribution in [0.4, 0.5) is 5.82 Å². The summed E-state index contributed by atoms with van der Waals surface area (Å²) in [6, 6.07) is 9.02. The molecule has 1 unspecified atom stereocenters. The van der Waals surface area contributed by atoms with Crippen molar-refractivity contribution in [2.24, 2.45) is 0 Å². The first-order valence-electron chi connectivity index (χ1n) is 6.60. The molecule has 0 amide bonds. The number of anilines is 1. The van der Waals surface area contributed by atoms with E-state index in [1.54, 1.807) is 0 Å². The Kier molecular flexibility index (Phi) is 2.62. The highest BCUT2D eigenvalue weighted by Gasteiger charge is 2.26. The monoisotopic (exact) mass is 241 g/mol. The molecule has 1 heterocycles. The van der Waals surface area contributed by atoms with Crippen molar-refractivity contribution in [3.8, 4) is 11.3 Å². The van der Waals surface area contributed by atoms with E-state index in [1.165, 1.54) is 22.4 Å². The van der Waals surface area contributed by atoms with Gasteiger partial charge in [-0.1, -0.05) is 31.2 Å². The van der Waals surface area contributed by atoms with Crippen LogP contribution in [0.1, 0.15) is 37.8 Å². The Morgan fingerprint density at radius 1 is 1.33 bits per heavy atom. The molecule has 2 N–H and O–H groups in total. The molecule has 3 heteroatoms. The van der Waals surface area contributed by atoms with E-state index in [2.05, 4.69) is 60.6 Å². The molecule has 0 saturated carbocycles. The molecule has 0 radical (unpaired) electrons. The Bertz CT molecular complexity index is 569. The maximum atomic E-state index is 4.44. The summed E-state index contributed by atoms with van der Waals surface area (Å²) < 4.78 is 0. The number of hydrogen-bond donors (Lipinski definition) is 2. The van der Waals surface area contributed by atoms with Gasteiger partial charge in [-0.3, -0.25) is 5.10 Å². The van der Waals surface area contributed by atoms with Gasteiger partial charge in [0.05, 0.1) is 5.69 Å². The van der Waals surface area contributed by atoms with Crippen LogP contribution in [0.2, 0.25) is 0 Å². The lowest BCUT2D eigenvalue weighted by atomic mass is 9.82. The highest BCUT2D eigenvalue weighted by molar-refractivity contribution is 5.75. The number of hydrogen-bond acceptors (Lipinski definition) is 2. The van der Waals surface area contributed by atoms with Crippen molar-refractivity contribution in [1.29, 1.82) is 0 Å². The van der Waals surface area contributed by atoms with Crippen molar-refractivity contribution in [3.63, 3.8) is 0 Å². The van der Waals surface area contributed by atoms with E-state index >= 15 is 0 Å². The molecule has 0 bridgehead atoms. The van der Waals surface area contributed by atoms with E-state index in [1.807, 2.05) is 0 Å². The Morgan fingerprint density at radius 2 is 2.11 bits per heavy atom. The quantitative estimate of drug-likeness (QED) is 0.844. The molecule has 1 aromatic heterocycles. The summed E-state index contributed by atoms with van der Waals surface area (Å²) in [4.78, 5) is 0. The average Bonchev–Trinajstić information content (AvgIpc) is 2.72. The second kappa shape index (κ2) is 4.16. The largest absolute Gasteiger partial charge is 0.366 e. The molecule has 2 aromatic rings. The van der Waals surface area contributed by atoms with Gasteiger partial charge in [0, 0.05) is 17.2 Å². The molecular formula is C15H19N3. The van der Waals surface area contributed by atoms with Crippen LogP contribution in [0.25, 0.3) is 11.3 Å². The Morgan fingerprint density at radius 3 is 2.89 bits per heavy atom. The first-order chi connectivity index (χ1) is 8.66. The number of nitrogens with one attached hydrogen (secondary N) is 2. The van der Waals surface area contributed by atoms with Crippen molar-refractivity contribution in [2.75, 3.05) is 5.32 Å². The fourth-order valence-corrected chi connectivity index (χ4v) is 2.75. The van der Waals surface area contributed by atoms with Crippen LogP contribution in [0.5, 0.6) is 0 Å². The van der Waals surface area contributed by atoms with Gasteiger partial charge in [0.15, 0.2) is 5.82 Å². The number of rotatable bonds is 2. The Hall–Kier alpha value is -1.77. The zero-order chi connectivity index (χ0) is 12.7. The number of aromatic nitrogens is 2. The minimum absolute atomic E-state index is 0.407. The summed E-state index contributed by atoms with van der Waals surface area (Å²) in [5.74, 6) is 1.57. The molecule has 1 aliphatic rings. The predicted molar refractivity (Wildman–Crippen MR) is 74.9 cm³/mol. The van der Waals surface area contributed by atoms with Gasteiger partial charge in [-0.05, 0) is 31.7 Å². The maximum absolute atomic E-state index is 4.44. The predicted octanol–water partition coefficient (Wildman–Crippen LogP) is 3.56. The van der Waals surface area contributed by atoms with Gasteiger partial charge in [-0.15, -0.1) is 0 Å². The van der Waals surface area contributed by atoms with Crippen LogP contribution in [-0.2, 0) is 6.42 Å². The van der Waals surface area contributed by atoms with Crippen molar-refractivity contribution in [1.82, 2.24) is 10.2 Å². The molecule has 0 saturated heterocycles. The zero-order valence-corrected chi connectivity index (χ0v) is 11.1. The molecule has 0 fully saturated rings. The van der Waals surface area contributed by atoms with Crippen LogP contribution in [0.3, 0.4) is 0 Å². The molecular weight excluding hydrogens is 222 g/mol. The van der Waals surface area contributed by atoms with E-state index in [-0.39, 0.29) is 0 Å². The molecule has 18 heavy (non-hydrogen) atoms. The summed E-state index contributed by atoms with van der Waals surface area (Å²) in [5, 5.41) is 11.1. The molecule has 0 aliphatic heterocycles. The summed E-state index contributed by atoms with van der Waals surface area (Å²) in [6.07, 6.45) is 1.05. The molecule has 3 rings (SSSR count). The number of aromatic amines is 1. The van der Waals surface area contributed by atoms with E-state index in [0.29, 0.717) is 12.0 Å². The van der Waals surface area contributed by atoms with E-state index < -0.39 is 0 Å². The normalized spacial score (nSPS) is 17.4. The number of benzene rings is 1. The molecule has 1 aliphatic carbocycles. The lowest BCUT2D eigenvalue weighted by molar-refractivity contribution is 0.748. The van der Waals surface area contributed by atoms with Crippen LogP contribution >= 0.6 is 0 Å². The van der Waals surface area contributed by atoms with E-state index in [4.69, 9.17) is 0 Å². The summed E-state index contributed by atoms with van der Waals surface area (Å²) in [7, 11) is 0. The van der Waals surface area contributed by atoms with Gasteiger partial charge in [0.1, 0.15) is 0 Å². The van der Waals surface area contributed by atoms with Gasteiger partial charge in [-0.25, -0.2) is 0 Å². The average molecular weight is 241 g/mol. The molecule has 94 valence electrons. The highest BCUT2D eigenvalue weighted by Crippen LogP contribution is 2.40. The lowest BCUT2D eigenvalue weighted by Crippen LogP contribution is -2.14. The molecule has 1 aromatic carbocycles.